The Balaban J connectivity index is 0.000000261. The molecule has 0 bridgehead atoms. The van der Waals surface area contributed by atoms with E-state index in [0.717, 1.165) is 37.2 Å². The second kappa shape index (κ2) is 12.1. The van der Waals surface area contributed by atoms with Crippen LogP contribution in [0.2, 0.25) is 0 Å². The third-order valence-corrected chi connectivity index (χ3v) is 6.81. The molecule has 1 aliphatic heterocycles. The fraction of sp³-hybridized carbons (Fsp3) is 0.321. The zero-order chi connectivity index (χ0) is 25.4. The Bertz CT molecular complexity index is 1210. The van der Waals surface area contributed by atoms with Crippen molar-refractivity contribution in [2.45, 2.75) is 31.1 Å². The lowest BCUT2D eigenvalue weighted by atomic mass is 9.91. The summed E-state index contributed by atoms with van der Waals surface area (Å²) < 4.78 is 29.6. The van der Waals surface area contributed by atoms with Gasteiger partial charge in [-0.3, -0.25) is 9.35 Å². The van der Waals surface area contributed by atoms with Gasteiger partial charge >= 0.3 is 0 Å². The first-order chi connectivity index (χ1) is 16.6. The molecule has 1 aliphatic rings. The maximum Gasteiger partial charge on any atom is 0.294 e. The van der Waals surface area contributed by atoms with E-state index in [1.165, 1.54) is 23.3 Å². The van der Waals surface area contributed by atoms with Gasteiger partial charge in [0, 0.05) is 25.2 Å². The van der Waals surface area contributed by atoms with E-state index in [-0.39, 0.29) is 10.8 Å². The highest BCUT2D eigenvalue weighted by Gasteiger charge is 2.28. The molecule has 3 aromatic rings. The Hall–Kier alpha value is -3.00. The number of hydrogen-bond donors (Lipinski definition) is 1. The normalized spacial score (nSPS) is 15.2. The van der Waals surface area contributed by atoms with Gasteiger partial charge < -0.3 is 9.80 Å². The molecule has 3 aromatic carbocycles. The number of benzene rings is 3. The average molecular weight is 495 g/mol. The number of fused-ring (bicyclic) bond motifs is 1. The first kappa shape index (κ1) is 26.6. The minimum Gasteiger partial charge on any atom is -0.312 e. The largest absolute Gasteiger partial charge is 0.312 e. The maximum absolute atomic E-state index is 12.9. The fourth-order valence-electron chi connectivity index (χ4n) is 4.29. The van der Waals surface area contributed by atoms with Crippen LogP contribution >= 0.6 is 0 Å². The zero-order valence-electron chi connectivity index (χ0n) is 20.6. The van der Waals surface area contributed by atoms with E-state index < -0.39 is 10.1 Å². The second-order valence-corrected chi connectivity index (χ2v) is 10.7. The van der Waals surface area contributed by atoms with E-state index in [0.29, 0.717) is 12.3 Å². The Morgan fingerprint density at radius 2 is 1.60 bits per heavy atom. The number of amides is 1. The van der Waals surface area contributed by atoms with Crippen molar-refractivity contribution in [3.05, 3.63) is 95.6 Å². The number of anilines is 1. The number of para-hydroxylation sites is 1. The highest BCUT2D eigenvalue weighted by molar-refractivity contribution is 7.85. The summed E-state index contributed by atoms with van der Waals surface area (Å²) in [7, 11) is 0.179. The molecule has 0 fully saturated rings. The summed E-state index contributed by atoms with van der Waals surface area (Å²) in [6.45, 7) is 3.67. The second-order valence-electron chi connectivity index (χ2n) is 9.24. The van der Waals surface area contributed by atoms with Crippen LogP contribution in [0.1, 0.15) is 23.1 Å². The molecule has 0 saturated heterocycles. The van der Waals surface area contributed by atoms with Crippen LogP contribution < -0.4 is 4.90 Å². The first-order valence-corrected chi connectivity index (χ1v) is 13.2. The Labute approximate surface area is 209 Å². The van der Waals surface area contributed by atoms with Crippen LogP contribution in [-0.4, -0.2) is 51.0 Å². The van der Waals surface area contributed by atoms with Crippen molar-refractivity contribution in [2.24, 2.45) is 5.92 Å². The van der Waals surface area contributed by atoms with Crippen molar-refractivity contribution in [1.29, 1.82) is 0 Å². The lowest BCUT2D eigenvalue weighted by molar-refractivity contribution is -0.118. The SMILES string of the molecule is CN(C)CC1Cc2ccccc2N(C(=O)CCc2ccccc2)C1.Cc1ccc(S(=O)(=O)O)cc1. The average Bonchev–Trinajstić information content (AvgIpc) is 2.82. The summed E-state index contributed by atoms with van der Waals surface area (Å²) in [6, 6.07) is 24.6. The van der Waals surface area contributed by atoms with E-state index >= 15 is 0 Å². The summed E-state index contributed by atoms with van der Waals surface area (Å²) in [5, 5.41) is 0. The summed E-state index contributed by atoms with van der Waals surface area (Å²) in [4.78, 5) is 17.0. The number of nitrogens with zero attached hydrogens (tertiary/aromatic N) is 2. The molecule has 1 atom stereocenters. The molecule has 186 valence electrons. The molecule has 4 rings (SSSR count). The summed E-state index contributed by atoms with van der Waals surface area (Å²) in [5.74, 6) is 0.727. The summed E-state index contributed by atoms with van der Waals surface area (Å²) >= 11 is 0. The van der Waals surface area contributed by atoms with Gasteiger partial charge in [-0.15, -0.1) is 0 Å². The van der Waals surface area contributed by atoms with Crippen molar-refractivity contribution in [2.75, 3.05) is 32.1 Å². The molecule has 1 unspecified atom stereocenters. The van der Waals surface area contributed by atoms with Crippen molar-refractivity contribution in [1.82, 2.24) is 4.90 Å². The van der Waals surface area contributed by atoms with Crippen LogP contribution in [0, 0.1) is 12.8 Å². The van der Waals surface area contributed by atoms with Crippen LogP contribution in [0.5, 0.6) is 0 Å². The number of carbonyl (C=O) groups excluding carboxylic acids is 1. The summed E-state index contributed by atoms with van der Waals surface area (Å²) in [6.07, 6.45) is 2.42. The minimum atomic E-state index is -4.02. The molecule has 0 aromatic heterocycles. The third-order valence-electron chi connectivity index (χ3n) is 5.95. The van der Waals surface area contributed by atoms with Gasteiger partial charge in [0.2, 0.25) is 5.91 Å². The van der Waals surface area contributed by atoms with E-state index in [1.807, 2.05) is 36.1 Å². The first-order valence-electron chi connectivity index (χ1n) is 11.7. The molecule has 0 radical (unpaired) electrons. The Kier molecular flexibility index (Phi) is 9.20. The van der Waals surface area contributed by atoms with Crippen LogP contribution in [0.3, 0.4) is 0 Å². The predicted molar refractivity (Wildman–Crippen MR) is 140 cm³/mol. The molecule has 0 aliphatic carbocycles. The number of rotatable bonds is 6. The molecule has 0 saturated carbocycles. The Morgan fingerprint density at radius 3 is 2.23 bits per heavy atom. The molecule has 1 heterocycles. The smallest absolute Gasteiger partial charge is 0.294 e. The third kappa shape index (κ3) is 8.02. The van der Waals surface area contributed by atoms with Crippen LogP contribution in [0.15, 0.2) is 83.8 Å². The predicted octanol–water partition coefficient (Wildman–Crippen LogP) is 4.63. The maximum atomic E-state index is 12.9. The van der Waals surface area contributed by atoms with Crippen molar-refractivity contribution < 1.29 is 17.8 Å². The van der Waals surface area contributed by atoms with Gasteiger partial charge in [-0.1, -0.05) is 66.2 Å². The van der Waals surface area contributed by atoms with Gasteiger partial charge in [0.05, 0.1) is 4.90 Å². The Morgan fingerprint density at radius 1 is 0.971 bits per heavy atom. The van der Waals surface area contributed by atoms with Gasteiger partial charge in [-0.25, -0.2) is 0 Å². The highest BCUT2D eigenvalue weighted by atomic mass is 32.2. The van der Waals surface area contributed by atoms with Crippen molar-refractivity contribution >= 4 is 21.7 Å². The summed E-state index contributed by atoms with van der Waals surface area (Å²) in [5.41, 5.74) is 4.58. The monoisotopic (exact) mass is 494 g/mol. The zero-order valence-corrected chi connectivity index (χ0v) is 21.4. The van der Waals surface area contributed by atoms with Gasteiger partial charge in [0.1, 0.15) is 0 Å². The molecule has 35 heavy (non-hydrogen) atoms. The molecular formula is C28H34N2O4S. The van der Waals surface area contributed by atoms with Crippen LogP contribution in [-0.2, 0) is 27.8 Å². The standard InChI is InChI=1S/C21H26N2O.C7H8O3S/c1-22(2)15-18-14-19-10-6-7-11-20(19)23(16-18)21(24)13-12-17-8-4-3-5-9-17;1-6-2-4-7(5-3-6)11(8,9)10/h3-11,18H,12-16H2,1-2H3;2-5H,1H3,(H,8,9,10). The van der Waals surface area contributed by atoms with E-state index in [1.54, 1.807) is 12.1 Å². The molecule has 7 heteroatoms. The highest BCUT2D eigenvalue weighted by Crippen LogP contribution is 2.30. The number of carbonyl (C=O) groups is 1. The fourth-order valence-corrected chi connectivity index (χ4v) is 4.77. The van der Waals surface area contributed by atoms with E-state index in [9.17, 15) is 13.2 Å². The molecule has 1 N–H and O–H groups in total. The van der Waals surface area contributed by atoms with Crippen LogP contribution in [0.4, 0.5) is 5.69 Å². The van der Waals surface area contributed by atoms with Crippen molar-refractivity contribution in [3.8, 4) is 0 Å². The number of aryl methyl sites for hydroxylation is 2. The van der Waals surface area contributed by atoms with Crippen LogP contribution in [0.25, 0.3) is 0 Å². The van der Waals surface area contributed by atoms with Gasteiger partial charge in [0.25, 0.3) is 10.1 Å². The lowest BCUT2D eigenvalue weighted by Gasteiger charge is -2.36. The molecule has 0 spiro atoms. The molecule has 6 nitrogen and oxygen atoms in total. The molecular weight excluding hydrogens is 460 g/mol. The topological polar surface area (TPSA) is 77.9 Å². The van der Waals surface area contributed by atoms with Gasteiger partial charge in [-0.05, 0) is 69.1 Å². The van der Waals surface area contributed by atoms with Crippen molar-refractivity contribution in [3.63, 3.8) is 0 Å². The van der Waals surface area contributed by atoms with E-state index in [2.05, 4.69) is 49.3 Å². The number of hydrogen-bond acceptors (Lipinski definition) is 4. The molecule has 1 amide bonds. The lowest BCUT2D eigenvalue weighted by Crippen LogP contribution is -2.43. The van der Waals surface area contributed by atoms with Gasteiger partial charge in [-0.2, -0.15) is 8.42 Å². The van der Waals surface area contributed by atoms with Gasteiger partial charge in [0.15, 0.2) is 0 Å². The minimum absolute atomic E-state index is 0.0666. The quantitative estimate of drug-likeness (QED) is 0.506. The van der Waals surface area contributed by atoms with E-state index in [4.69, 9.17) is 4.55 Å².